The van der Waals surface area contributed by atoms with Gasteiger partial charge >= 0.3 is 0 Å². The third-order valence-corrected chi connectivity index (χ3v) is 5.45. The molecule has 1 saturated heterocycles. The van der Waals surface area contributed by atoms with Crippen molar-refractivity contribution in [1.82, 2.24) is 5.32 Å². The van der Waals surface area contributed by atoms with Gasteiger partial charge < -0.3 is 10.4 Å². The van der Waals surface area contributed by atoms with Crippen LogP contribution < -0.4 is 5.32 Å². The number of benzene rings is 1. The fraction of sp³-hybridized carbons (Fsp3) is 0.474. The second kappa shape index (κ2) is 6.19. The zero-order chi connectivity index (χ0) is 18.4. The quantitative estimate of drug-likeness (QED) is 0.552. The van der Waals surface area contributed by atoms with E-state index in [0.717, 1.165) is 22.3 Å². The molecule has 0 saturated carbocycles. The first kappa shape index (κ1) is 19.0. The number of hydrogen-bond acceptors (Lipinski definition) is 4. The monoisotopic (exact) mass is 363 g/mol. The fourth-order valence-corrected chi connectivity index (χ4v) is 3.77. The van der Waals surface area contributed by atoms with E-state index in [-0.39, 0.29) is 16.7 Å². The number of amides is 1. The molecule has 0 bridgehead atoms. The highest BCUT2D eigenvalue weighted by atomic mass is 32.2. The zero-order valence-corrected chi connectivity index (χ0v) is 17.0. The van der Waals surface area contributed by atoms with E-state index in [0.29, 0.717) is 15.0 Å². The molecule has 0 atom stereocenters. The van der Waals surface area contributed by atoms with Crippen molar-refractivity contribution in [2.24, 2.45) is 0 Å². The van der Waals surface area contributed by atoms with E-state index in [9.17, 15) is 9.90 Å². The van der Waals surface area contributed by atoms with Gasteiger partial charge in [0.05, 0.1) is 4.91 Å². The van der Waals surface area contributed by atoms with Gasteiger partial charge in [-0.15, -0.1) is 0 Å². The SMILES string of the molecule is C/C(=C1/SC(=S)NC1=O)c1cc(C(C)(C)C)c(O)c(C(C)(C)C)c1. The maximum Gasteiger partial charge on any atom is 0.263 e. The minimum absolute atomic E-state index is 0.148. The number of thioether (sulfide) groups is 1. The van der Waals surface area contributed by atoms with Crippen LogP contribution in [-0.2, 0) is 15.6 Å². The van der Waals surface area contributed by atoms with Crippen LogP contribution in [0.4, 0.5) is 0 Å². The molecule has 0 aliphatic carbocycles. The van der Waals surface area contributed by atoms with E-state index < -0.39 is 0 Å². The summed E-state index contributed by atoms with van der Waals surface area (Å²) in [5.74, 6) is 0.195. The van der Waals surface area contributed by atoms with E-state index >= 15 is 0 Å². The van der Waals surface area contributed by atoms with Crippen LogP contribution in [0.3, 0.4) is 0 Å². The molecule has 1 aromatic carbocycles. The molecule has 2 rings (SSSR count). The highest BCUT2D eigenvalue weighted by molar-refractivity contribution is 8.26. The molecule has 5 heteroatoms. The van der Waals surface area contributed by atoms with E-state index in [1.165, 1.54) is 11.8 Å². The summed E-state index contributed by atoms with van der Waals surface area (Å²) in [6.07, 6.45) is 0. The number of aromatic hydroxyl groups is 1. The molecule has 24 heavy (non-hydrogen) atoms. The second-order valence-corrected chi connectivity index (χ2v) is 9.91. The Morgan fingerprint density at radius 2 is 1.54 bits per heavy atom. The van der Waals surface area contributed by atoms with Crippen LogP contribution in [0.2, 0.25) is 0 Å². The lowest BCUT2D eigenvalue weighted by Crippen LogP contribution is -2.19. The molecule has 1 aliphatic heterocycles. The molecule has 1 aliphatic rings. The Balaban J connectivity index is 2.74. The first-order chi connectivity index (χ1) is 10.8. The molecular weight excluding hydrogens is 338 g/mol. The first-order valence-electron chi connectivity index (χ1n) is 7.94. The molecule has 2 N–H and O–H groups in total. The molecular formula is C19H25NO2S2. The van der Waals surface area contributed by atoms with Crippen molar-refractivity contribution in [2.75, 3.05) is 0 Å². The molecule has 1 heterocycles. The number of hydrogen-bond donors (Lipinski definition) is 2. The fourth-order valence-electron chi connectivity index (χ4n) is 2.69. The number of rotatable bonds is 1. The van der Waals surface area contributed by atoms with Gasteiger partial charge in [-0.3, -0.25) is 4.79 Å². The van der Waals surface area contributed by atoms with Crippen LogP contribution in [-0.4, -0.2) is 15.3 Å². The largest absolute Gasteiger partial charge is 0.507 e. The van der Waals surface area contributed by atoms with Crippen molar-refractivity contribution in [1.29, 1.82) is 0 Å². The van der Waals surface area contributed by atoms with Gasteiger partial charge in [0.25, 0.3) is 5.91 Å². The highest BCUT2D eigenvalue weighted by Crippen LogP contribution is 2.42. The number of carbonyl (C=O) groups excluding carboxylic acids is 1. The van der Waals surface area contributed by atoms with Crippen molar-refractivity contribution in [3.63, 3.8) is 0 Å². The van der Waals surface area contributed by atoms with Gasteiger partial charge in [-0.1, -0.05) is 65.5 Å². The van der Waals surface area contributed by atoms with E-state index in [2.05, 4.69) is 46.9 Å². The summed E-state index contributed by atoms with van der Waals surface area (Å²) in [5.41, 5.74) is 3.20. The molecule has 1 amide bonds. The van der Waals surface area contributed by atoms with Crippen LogP contribution in [0.25, 0.3) is 5.57 Å². The molecule has 0 radical (unpaired) electrons. The van der Waals surface area contributed by atoms with Crippen molar-refractivity contribution in [3.05, 3.63) is 33.7 Å². The molecule has 1 fully saturated rings. The van der Waals surface area contributed by atoms with Crippen LogP contribution >= 0.6 is 24.0 Å². The van der Waals surface area contributed by atoms with Crippen LogP contribution in [0.5, 0.6) is 5.75 Å². The van der Waals surface area contributed by atoms with Crippen molar-refractivity contribution in [3.8, 4) is 5.75 Å². The summed E-state index contributed by atoms with van der Waals surface area (Å²) in [4.78, 5) is 12.7. The van der Waals surface area contributed by atoms with Gasteiger partial charge in [-0.05, 0) is 41.0 Å². The molecule has 0 aromatic heterocycles. The third kappa shape index (κ3) is 3.67. The molecule has 0 unspecified atom stereocenters. The van der Waals surface area contributed by atoms with Crippen LogP contribution in [0.15, 0.2) is 17.0 Å². The van der Waals surface area contributed by atoms with Gasteiger partial charge in [0.15, 0.2) is 0 Å². The Morgan fingerprint density at radius 3 is 1.88 bits per heavy atom. The summed E-state index contributed by atoms with van der Waals surface area (Å²) >= 11 is 6.39. The summed E-state index contributed by atoms with van der Waals surface area (Å²) in [6.45, 7) is 14.4. The maximum absolute atomic E-state index is 12.1. The average molecular weight is 364 g/mol. The number of phenols is 1. The lowest BCUT2D eigenvalue weighted by atomic mass is 9.78. The van der Waals surface area contributed by atoms with Gasteiger partial charge in [0.2, 0.25) is 0 Å². The van der Waals surface area contributed by atoms with Gasteiger partial charge in [-0.2, -0.15) is 0 Å². The smallest absolute Gasteiger partial charge is 0.263 e. The summed E-state index contributed by atoms with van der Waals surface area (Å²) in [7, 11) is 0. The van der Waals surface area contributed by atoms with Gasteiger partial charge in [0, 0.05) is 11.1 Å². The Labute approximate surface area is 153 Å². The Bertz CT molecular complexity index is 715. The van der Waals surface area contributed by atoms with Gasteiger partial charge in [-0.25, -0.2) is 0 Å². The Hall–Kier alpha value is -1.33. The summed E-state index contributed by atoms with van der Waals surface area (Å²) in [6, 6.07) is 3.98. The van der Waals surface area contributed by atoms with E-state index in [1.54, 1.807) is 0 Å². The van der Waals surface area contributed by atoms with Gasteiger partial charge in [0.1, 0.15) is 10.1 Å². The van der Waals surface area contributed by atoms with Crippen molar-refractivity contribution >= 4 is 39.8 Å². The Kier molecular flexibility index (Phi) is 4.90. The highest BCUT2D eigenvalue weighted by Gasteiger charge is 2.29. The summed E-state index contributed by atoms with van der Waals surface area (Å²) < 4.78 is 0.486. The maximum atomic E-state index is 12.1. The summed E-state index contributed by atoms with van der Waals surface area (Å²) in [5, 5.41) is 13.5. The molecule has 0 spiro atoms. The van der Waals surface area contributed by atoms with Crippen LogP contribution in [0.1, 0.15) is 65.2 Å². The van der Waals surface area contributed by atoms with Crippen LogP contribution in [0, 0.1) is 0 Å². The number of nitrogens with one attached hydrogen (secondary N) is 1. The minimum atomic E-state index is -0.203. The zero-order valence-electron chi connectivity index (χ0n) is 15.3. The van der Waals surface area contributed by atoms with E-state index in [4.69, 9.17) is 12.2 Å². The third-order valence-electron chi connectivity index (χ3n) is 4.12. The standard InChI is InChI=1S/C19H25NO2S2/c1-10(15-16(22)20-17(23)24-15)11-8-12(18(2,3)4)14(21)13(9-11)19(5,6)7/h8-9,21H,1-7H3,(H,20,22,23)/b15-10-. The van der Waals surface area contributed by atoms with E-state index in [1.807, 2.05) is 19.1 Å². The topological polar surface area (TPSA) is 49.3 Å². The number of carbonyl (C=O) groups is 1. The predicted octanol–water partition coefficient (Wildman–Crippen LogP) is 4.87. The minimum Gasteiger partial charge on any atom is -0.507 e. The Morgan fingerprint density at radius 1 is 1.08 bits per heavy atom. The average Bonchev–Trinajstić information content (AvgIpc) is 2.74. The molecule has 130 valence electrons. The number of phenolic OH excluding ortho intramolecular Hbond substituents is 1. The normalized spacial score (nSPS) is 18.0. The first-order valence-corrected chi connectivity index (χ1v) is 9.17. The number of allylic oxidation sites excluding steroid dienone is 1. The van der Waals surface area contributed by atoms with Crippen molar-refractivity contribution < 1.29 is 9.90 Å². The molecule has 3 nitrogen and oxygen atoms in total. The van der Waals surface area contributed by atoms with Crippen molar-refractivity contribution in [2.45, 2.75) is 59.3 Å². The lowest BCUT2D eigenvalue weighted by molar-refractivity contribution is -0.115. The predicted molar refractivity (Wildman–Crippen MR) is 106 cm³/mol. The molecule has 1 aromatic rings. The lowest BCUT2D eigenvalue weighted by Gasteiger charge is -2.28. The second-order valence-electron chi connectivity index (χ2n) is 8.22. The number of thiocarbonyl (C=S) groups is 1.